The minimum atomic E-state index is -2.21. The van der Waals surface area contributed by atoms with Gasteiger partial charge in [-0.15, -0.1) is 32.9 Å². The van der Waals surface area contributed by atoms with Gasteiger partial charge >= 0.3 is 0 Å². The Balaban J connectivity index is 1.22. The Morgan fingerprint density at radius 3 is 0.922 bits per heavy atom. The zero-order chi connectivity index (χ0) is 34.4. The van der Waals surface area contributed by atoms with Crippen molar-refractivity contribution < 1.29 is 0 Å². The number of benzene rings is 6. The third-order valence-corrected chi connectivity index (χ3v) is 21.8. The van der Waals surface area contributed by atoms with Crippen LogP contribution in [0.25, 0.3) is 41.3 Å². The minimum absolute atomic E-state index is 0.936. The molecule has 0 amide bonds. The molecule has 0 N–H and O–H groups in total. The van der Waals surface area contributed by atoms with Crippen LogP contribution in [0.15, 0.2) is 170 Å². The lowest BCUT2D eigenvalue weighted by Gasteiger charge is -2.25. The molecule has 0 fully saturated rings. The summed E-state index contributed by atoms with van der Waals surface area (Å²) in [6.07, 6.45) is 10.2. The fourth-order valence-corrected chi connectivity index (χ4v) is 18.5. The van der Waals surface area contributed by atoms with Crippen LogP contribution < -0.4 is 30.5 Å². The molecule has 2 nitrogen and oxygen atoms in total. The van der Waals surface area contributed by atoms with Crippen LogP contribution in [-0.2, 0) is 0 Å². The van der Waals surface area contributed by atoms with E-state index in [4.69, 9.17) is 22.8 Å². The van der Waals surface area contributed by atoms with Crippen LogP contribution >= 0.6 is 47.8 Å². The van der Waals surface area contributed by atoms with Gasteiger partial charge in [0, 0.05) is 30.8 Å². The third kappa shape index (κ3) is 5.35. The smallest absolute Gasteiger partial charge is 0.137 e. The van der Waals surface area contributed by atoms with Crippen molar-refractivity contribution in [3.8, 4) is 19.8 Å². The second kappa shape index (κ2) is 13.2. The number of hydrogen-bond acceptors (Lipinski definition) is 5. The summed E-state index contributed by atoms with van der Waals surface area (Å²) < 4.78 is 2.62. The van der Waals surface area contributed by atoms with E-state index in [9.17, 15) is 0 Å². The van der Waals surface area contributed by atoms with Gasteiger partial charge in [0.1, 0.15) is 0 Å². The van der Waals surface area contributed by atoms with Gasteiger partial charge in [0.25, 0.3) is 0 Å². The molecule has 9 rings (SSSR count). The first-order valence-corrected chi connectivity index (χ1v) is 23.0. The molecule has 246 valence electrons. The molecule has 0 aliphatic heterocycles. The molecule has 0 radical (unpaired) electrons. The van der Waals surface area contributed by atoms with Crippen LogP contribution in [-0.4, -0.2) is 22.8 Å². The summed E-state index contributed by atoms with van der Waals surface area (Å²) in [6, 6.07) is 60.8. The molecule has 3 aromatic heterocycles. The molecule has 0 aliphatic rings. The molecule has 7 heteroatoms. The van der Waals surface area contributed by atoms with Crippen molar-refractivity contribution in [1.82, 2.24) is 10.2 Å². The zero-order valence-electron chi connectivity index (χ0n) is 27.6. The summed E-state index contributed by atoms with van der Waals surface area (Å²) in [5.74, 6) is 0. The average Bonchev–Trinajstić information content (AvgIpc) is 3.95. The Kier molecular flexibility index (Phi) is 8.35. The van der Waals surface area contributed by atoms with Gasteiger partial charge in [0.05, 0.1) is 9.75 Å². The van der Waals surface area contributed by atoms with Crippen LogP contribution in [0, 0.1) is 0 Å². The summed E-state index contributed by atoms with van der Waals surface area (Å²) in [6.45, 7) is -4.41. The van der Waals surface area contributed by atoms with E-state index in [1.165, 1.54) is 52.0 Å². The first kappa shape index (κ1) is 32.3. The Labute approximate surface area is 310 Å². The Morgan fingerprint density at radius 1 is 0.333 bits per heavy atom. The number of rotatable bonds is 8. The van der Waals surface area contributed by atoms with Crippen molar-refractivity contribution in [2.75, 3.05) is 0 Å². The fourth-order valence-electron chi connectivity index (χ4n) is 6.94. The van der Waals surface area contributed by atoms with Crippen LogP contribution in [0.1, 0.15) is 0 Å². The van der Waals surface area contributed by atoms with E-state index in [0.717, 1.165) is 19.8 Å². The van der Waals surface area contributed by atoms with Crippen molar-refractivity contribution in [2.45, 2.75) is 0 Å². The van der Waals surface area contributed by atoms with Crippen molar-refractivity contribution in [3.63, 3.8) is 0 Å². The van der Waals surface area contributed by atoms with Crippen LogP contribution in [0.3, 0.4) is 0 Å². The number of thiophene rings is 2. The van der Waals surface area contributed by atoms with E-state index in [0.29, 0.717) is 0 Å². The zero-order valence-corrected chi connectivity index (χ0v) is 31.8. The Bertz CT molecular complexity index is 2470. The monoisotopic (exact) mass is 746 g/mol. The van der Waals surface area contributed by atoms with Gasteiger partial charge in [-0.05, 0) is 35.0 Å². The fraction of sp³-hybridized carbons (Fsp3) is 0. The van der Waals surface area contributed by atoms with E-state index in [-0.39, 0.29) is 0 Å². The lowest BCUT2D eigenvalue weighted by molar-refractivity contribution is 1.11. The quantitative estimate of drug-likeness (QED) is 0.145. The second-order valence-corrected chi connectivity index (χ2v) is 22.3. The molecule has 3 heterocycles. The molecule has 0 bridgehead atoms. The highest BCUT2D eigenvalue weighted by molar-refractivity contribution is 7.97. The van der Waals surface area contributed by atoms with E-state index in [2.05, 4.69) is 170 Å². The maximum atomic E-state index is 5.09. The van der Waals surface area contributed by atoms with Crippen molar-refractivity contribution in [3.05, 3.63) is 170 Å². The summed E-state index contributed by atoms with van der Waals surface area (Å²) in [4.78, 5) is 2.30. The molecule has 0 spiro atoms. The molecule has 9 aromatic rings. The standard InChI is InChI=1S/C44H32N2P2S3/c1-47(31-19-7-3-8-20-31,32-21-9-4-10-22-32)43-37-29-17-15-27-35(37)39(49-43)41-45-46-42(51-41)40-36-28-16-18-30-38(36)44(50-40)48(2,33-23-11-5-12-24-33)34-25-13-6-14-26-34/h3-30H,1-2H2. The molecule has 6 aromatic carbocycles. The number of nitrogens with zero attached hydrogens (tertiary/aromatic N) is 2. The predicted octanol–water partition coefficient (Wildman–Crippen LogP) is 9.75. The summed E-state index contributed by atoms with van der Waals surface area (Å²) >= 11 is 5.35. The maximum absolute atomic E-state index is 5.09. The lowest BCUT2D eigenvalue weighted by Crippen LogP contribution is -2.23. The maximum Gasteiger partial charge on any atom is 0.158 e. The molecule has 0 aliphatic carbocycles. The van der Waals surface area contributed by atoms with Gasteiger partial charge in [-0.2, -0.15) is 0 Å². The molecule has 0 saturated carbocycles. The Hall–Kier alpha value is -4.60. The van der Waals surface area contributed by atoms with E-state index in [1.54, 1.807) is 11.3 Å². The van der Waals surface area contributed by atoms with Gasteiger partial charge in [-0.1, -0.05) is 194 Å². The van der Waals surface area contributed by atoms with Crippen molar-refractivity contribution in [2.24, 2.45) is 0 Å². The van der Waals surface area contributed by atoms with Gasteiger partial charge in [-0.25, -0.2) is 0 Å². The van der Waals surface area contributed by atoms with E-state index >= 15 is 0 Å². The highest BCUT2D eigenvalue weighted by Gasteiger charge is 2.31. The SMILES string of the molecule is C=P(c1ccccc1)(c1ccccc1)c1sc(-c2nnc(-c3sc(P(=C)(c4ccccc4)c4ccccc4)c4ccccc34)s2)c2ccccc12. The second-order valence-electron chi connectivity index (χ2n) is 12.4. The topological polar surface area (TPSA) is 25.8 Å². The van der Waals surface area contributed by atoms with E-state index in [1.807, 2.05) is 22.7 Å². The summed E-state index contributed by atoms with van der Waals surface area (Å²) in [5.41, 5.74) is 0. The molecule has 51 heavy (non-hydrogen) atoms. The molecular weight excluding hydrogens is 715 g/mol. The van der Waals surface area contributed by atoms with Crippen LogP contribution in [0.2, 0.25) is 0 Å². The minimum Gasteiger partial charge on any atom is -0.137 e. The van der Waals surface area contributed by atoms with Crippen molar-refractivity contribution >= 4 is 112 Å². The molecule has 0 atom stereocenters. The van der Waals surface area contributed by atoms with E-state index < -0.39 is 13.8 Å². The molecule has 0 saturated heterocycles. The van der Waals surface area contributed by atoms with Gasteiger partial charge < -0.3 is 0 Å². The lowest BCUT2D eigenvalue weighted by atomic mass is 10.2. The van der Waals surface area contributed by atoms with Gasteiger partial charge in [0.2, 0.25) is 0 Å². The highest BCUT2D eigenvalue weighted by Crippen LogP contribution is 2.52. The number of fused-ring (bicyclic) bond motifs is 2. The van der Waals surface area contributed by atoms with Gasteiger partial charge in [-0.3, -0.25) is 0 Å². The number of aromatic nitrogens is 2. The average molecular weight is 747 g/mol. The summed E-state index contributed by atoms with van der Waals surface area (Å²) in [7, 11) is 0. The normalized spacial score (nSPS) is 12.1. The molecular formula is C44H32N2P2S3. The predicted molar refractivity (Wildman–Crippen MR) is 233 cm³/mol. The van der Waals surface area contributed by atoms with Crippen molar-refractivity contribution in [1.29, 1.82) is 0 Å². The number of hydrogen-bond donors (Lipinski definition) is 0. The first-order valence-electron chi connectivity index (χ1n) is 16.6. The van der Waals surface area contributed by atoms with Crippen LogP contribution in [0.4, 0.5) is 0 Å². The largest absolute Gasteiger partial charge is 0.158 e. The Morgan fingerprint density at radius 2 is 0.608 bits per heavy atom. The molecule has 0 unspecified atom stereocenters. The van der Waals surface area contributed by atoms with Gasteiger partial charge in [0.15, 0.2) is 10.0 Å². The third-order valence-electron chi connectivity index (χ3n) is 9.50. The summed E-state index contributed by atoms with van der Waals surface area (Å²) in [5, 5.41) is 21.7. The highest BCUT2D eigenvalue weighted by atomic mass is 32.1. The first-order chi connectivity index (χ1) is 25.1. The van der Waals surface area contributed by atoms with Crippen LogP contribution in [0.5, 0.6) is 0 Å².